The van der Waals surface area contributed by atoms with E-state index in [4.69, 9.17) is 9.47 Å². The number of hydrogen-bond donors (Lipinski definition) is 0. The van der Waals surface area contributed by atoms with Crippen LogP contribution in [-0.4, -0.2) is 35.9 Å². The van der Waals surface area contributed by atoms with Crippen LogP contribution in [-0.2, 0) is 9.47 Å². The minimum absolute atomic E-state index is 0.550. The zero-order chi connectivity index (χ0) is 12.1. The molecular weight excluding hydrogens is 232 g/mol. The van der Waals surface area contributed by atoms with Crippen molar-refractivity contribution in [2.75, 3.05) is 13.2 Å². The van der Waals surface area contributed by atoms with Gasteiger partial charge in [-0.3, -0.25) is 0 Å². The van der Waals surface area contributed by atoms with Gasteiger partial charge in [0.2, 0.25) is 0 Å². The summed E-state index contributed by atoms with van der Waals surface area (Å²) in [6.07, 6.45) is 9.01. The molecule has 0 radical (unpaired) electrons. The topological polar surface area (TPSA) is 25.1 Å². The van der Waals surface area contributed by atoms with Gasteiger partial charge >= 0.3 is 0 Å². The highest BCUT2D eigenvalue weighted by atomic mass is 32.2. The van der Waals surface area contributed by atoms with Crippen molar-refractivity contribution in [1.82, 2.24) is 0 Å². The van der Waals surface area contributed by atoms with Gasteiger partial charge in [0.25, 0.3) is 0 Å². The molecule has 2 aliphatic rings. The first-order valence-electron chi connectivity index (χ1n) is 7.23. The molecule has 2 saturated heterocycles. The van der Waals surface area contributed by atoms with E-state index in [-0.39, 0.29) is 0 Å². The Morgan fingerprint density at radius 2 is 1.35 bits per heavy atom. The second-order valence-corrected chi connectivity index (χ2v) is 6.72. The Kier molecular flexibility index (Phi) is 5.64. The summed E-state index contributed by atoms with van der Waals surface area (Å²) in [5.41, 5.74) is 0. The molecule has 2 aliphatic heterocycles. The van der Waals surface area contributed by atoms with E-state index in [2.05, 4.69) is 25.6 Å². The molecule has 4 unspecified atom stereocenters. The highest BCUT2D eigenvalue weighted by Gasteiger charge is 2.39. The second kappa shape index (κ2) is 7.01. The highest BCUT2D eigenvalue weighted by molar-refractivity contribution is 8.00. The van der Waals surface area contributed by atoms with Crippen molar-refractivity contribution in [1.29, 1.82) is 0 Å². The molecule has 2 nitrogen and oxygen atoms in total. The fourth-order valence-electron chi connectivity index (χ4n) is 2.26. The van der Waals surface area contributed by atoms with Crippen LogP contribution in [0.25, 0.3) is 0 Å². The highest BCUT2D eigenvalue weighted by Crippen LogP contribution is 2.38. The fourth-order valence-corrected chi connectivity index (χ4v) is 3.98. The number of rotatable bonds is 10. The normalized spacial score (nSPS) is 30.0. The lowest BCUT2D eigenvalue weighted by molar-refractivity contribution is 0.385. The number of epoxide rings is 2. The van der Waals surface area contributed by atoms with E-state index < -0.39 is 0 Å². The second-order valence-electron chi connectivity index (χ2n) is 5.24. The SMILES string of the molecule is CCCCC(SC(CCCC)C1CO1)C1CO1. The smallest absolute Gasteiger partial charge is 0.0928 e. The third kappa shape index (κ3) is 4.80. The quantitative estimate of drug-likeness (QED) is 0.559. The zero-order valence-corrected chi connectivity index (χ0v) is 12.0. The summed E-state index contributed by atoms with van der Waals surface area (Å²) in [5, 5.41) is 1.45. The van der Waals surface area contributed by atoms with E-state index in [0.29, 0.717) is 12.2 Å². The molecule has 0 N–H and O–H groups in total. The van der Waals surface area contributed by atoms with Crippen LogP contribution in [0.15, 0.2) is 0 Å². The predicted molar refractivity (Wildman–Crippen MR) is 73.7 cm³/mol. The Labute approximate surface area is 110 Å². The Morgan fingerprint density at radius 3 is 1.65 bits per heavy atom. The van der Waals surface area contributed by atoms with Crippen LogP contribution in [0.5, 0.6) is 0 Å². The van der Waals surface area contributed by atoms with Crippen LogP contribution < -0.4 is 0 Å². The largest absolute Gasteiger partial charge is 0.372 e. The van der Waals surface area contributed by atoms with Gasteiger partial charge in [-0.05, 0) is 12.8 Å². The summed E-state index contributed by atoms with van der Waals surface area (Å²) in [6, 6.07) is 0. The molecule has 2 rings (SSSR count). The number of ether oxygens (including phenoxy) is 2. The predicted octanol–water partition coefficient (Wildman–Crippen LogP) is 3.63. The molecule has 0 spiro atoms. The van der Waals surface area contributed by atoms with E-state index in [0.717, 1.165) is 23.7 Å². The van der Waals surface area contributed by atoms with Crippen LogP contribution >= 0.6 is 11.8 Å². The summed E-state index contributed by atoms with van der Waals surface area (Å²) in [6.45, 7) is 6.53. The molecule has 0 aromatic rings. The molecule has 2 fully saturated rings. The molecule has 0 bridgehead atoms. The van der Waals surface area contributed by atoms with Crippen molar-refractivity contribution in [3.8, 4) is 0 Å². The maximum atomic E-state index is 5.51. The molecule has 0 aliphatic carbocycles. The maximum absolute atomic E-state index is 5.51. The third-order valence-electron chi connectivity index (χ3n) is 3.58. The maximum Gasteiger partial charge on any atom is 0.0928 e. The van der Waals surface area contributed by atoms with Gasteiger partial charge in [-0.1, -0.05) is 39.5 Å². The minimum Gasteiger partial charge on any atom is -0.372 e. The van der Waals surface area contributed by atoms with Gasteiger partial charge in [0, 0.05) is 10.5 Å². The van der Waals surface area contributed by atoms with E-state index in [1.165, 1.54) is 38.5 Å². The molecule has 3 heteroatoms. The number of unbranched alkanes of at least 4 members (excludes halogenated alkanes) is 2. The molecule has 0 saturated carbocycles. The van der Waals surface area contributed by atoms with E-state index in [1.807, 2.05) is 0 Å². The molecular formula is C14H26O2S. The Hall–Kier alpha value is 0.270. The summed E-state index contributed by atoms with van der Waals surface area (Å²) in [4.78, 5) is 0. The average molecular weight is 258 g/mol. The number of thioether (sulfide) groups is 1. The zero-order valence-electron chi connectivity index (χ0n) is 11.2. The standard InChI is InChI=1S/C14H26O2S/c1-3-5-7-13(11-9-15-11)17-14(8-6-4-2)12-10-16-12/h11-14H,3-10H2,1-2H3. The van der Waals surface area contributed by atoms with Crippen LogP contribution in [0.4, 0.5) is 0 Å². The van der Waals surface area contributed by atoms with Gasteiger partial charge in [0.05, 0.1) is 25.4 Å². The van der Waals surface area contributed by atoms with Crippen molar-refractivity contribution in [2.45, 2.75) is 75.1 Å². The lowest BCUT2D eigenvalue weighted by Crippen LogP contribution is -2.20. The van der Waals surface area contributed by atoms with E-state index in [9.17, 15) is 0 Å². The Bertz CT molecular complexity index is 192. The number of hydrogen-bond acceptors (Lipinski definition) is 3. The van der Waals surface area contributed by atoms with Crippen LogP contribution in [0.1, 0.15) is 52.4 Å². The van der Waals surface area contributed by atoms with Gasteiger partial charge in [-0.25, -0.2) is 0 Å². The van der Waals surface area contributed by atoms with Crippen molar-refractivity contribution < 1.29 is 9.47 Å². The first-order valence-corrected chi connectivity index (χ1v) is 8.18. The minimum atomic E-state index is 0.550. The third-order valence-corrected chi connectivity index (χ3v) is 5.36. The van der Waals surface area contributed by atoms with Crippen molar-refractivity contribution in [3.05, 3.63) is 0 Å². The van der Waals surface area contributed by atoms with Crippen LogP contribution in [0.3, 0.4) is 0 Å². The first-order chi connectivity index (χ1) is 8.35. The summed E-state index contributed by atoms with van der Waals surface area (Å²) < 4.78 is 11.0. The van der Waals surface area contributed by atoms with Crippen LogP contribution in [0, 0.1) is 0 Å². The Balaban J connectivity index is 1.76. The van der Waals surface area contributed by atoms with Gasteiger partial charge in [0.15, 0.2) is 0 Å². The van der Waals surface area contributed by atoms with Gasteiger partial charge < -0.3 is 9.47 Å². The molecule has 100 valence electrons. The van der Waals surface area contributed by atoms with Gasteiger partial charge in [-0.2, -0.15) is 0 Å². The molecule has 4 atom stereocenters. The van der Waals surface area contributed by atoms with E-state index in [1.54, 1.807) is 0 Å². The van der Waals surface area contributed by atoms with Crippen LogP contribution in [0.2, 0.25) is 0 Å². The Morgan fingerprint density at radius 1 is 0.941 bits per heavy atom. The van der Waals surface area contributed by atoms with E-state index >= 15 is 0 Å². The summed E-state index contributed by atoms with van der Waals surface area (Å²) >= 11 is 2.16. The van der Waals surface area contributed by atoms with Crippen molar-refractivity contribution >= 4 is 11.8 Å². The monoisotopic (exact) mass is 258 g/mol. The van der Waals surface area contributed by atoms with Crippen molar-refractivity contribution in [2.24, 2.45) is 0 Å². The first kappa shape index (κ1) is 13.7. The summed E-state index contributed by atoms with van der Waals surface area (Å²) in [5.74, 6) is 0. The van der Waals surface area contributed by atoms with Gasteiger partial charge in [-0.15, -0.1) is 11.8 Å². The molecule has 0 aromatic heterocycles. The molecule has 0 aromatic carbocycles. The average Bonchev–Trinajstić information content (AvgIpc) is 3.18. The molecule has 2 heterocycles. The lowest BCUT2D eigenvalue weighted by atomic mass is 10.1. The molecule has 17 heavy (non-hydrogen) atoms. The van der Waals surface area contributed by atoms with Gasteiger partial charge in [0.1, 0.15) is 0 Å². The van der Waals surface area contributed by atoms with Crippen molar-refractivity contribution in [3.63, 3.8) is 0 Å². The fraction of sp³-hybridized carbons (Fsp3) is 1.00. The summed E-state index contributed by atoms with van der Waals surface area (Å²) in [7, 11) is 0. The lowest BCUT2D eigenvalue weighted by Gasteiger charge is -2.20. The molecule has 0 amide bonds.